The first-order valence-corrected chi connectivity index (χ1v) is 11.2. The summed E-state index contributed by atoms with van der Waals surface area (Å²) in [5, 5.41) is 10.9. The number of aliphatic carboxylic acids is 1. The van der Waals surface area contributed by atoms with Gasteiger partial charge in [0.25, 0.3) is 0 Å². The highest BCUT2D eigenvalue weighted by Crippen LogP contribution is 2.31. The molecule has 0 radical (unpaired) electrons. The maximum atomic E-state index is 12.7. The molecule has 2 fully saturated rings. The lowest BCUT2D eigenvalue weighted by molar-refractivity contribution is -0.145. The number of rotatable bonds is 6. The molecule has 0 unspecified atom stereocenters. The molecule has 2 N–H and O–H groups in total. The Balaban J connectivity index is 1.41. The highest BCUT2D eigenvalue weighted by atomic mass is 16.5. The fraction of sp³-hybridized carbons (Fsp3) is 0.565. The Morgan fingerprint density at radius 3 is 2.42 bits per heavy atom. The summed E-state index contributed by atoms with van der Waals surface area (Å²) in [5.74, 6) is 0.0426. The number of hydrogen-bond acceptors (Lipinski definition) is 5. The maximum Gasteiger partial charge on any atom is 0.325 e. The van der Waals surface area contributed by atoms with E-state index in [0.29, 0.717) is 38.5 Å². The van der Waals surface area contributed by atoms with Gasteiger partial charge in [0.05, 0.1) is 13.7 Å². The van der Waals surface area contributed by atoms with Gasteiger partial charge < -0.3 is 19.7 Å². The van der Waals surface area contributed by atoms with Crippen LogP contribution in [0.5, 0.6) is 5.75 Å². The Hall–Kier alpha value is -2.58. The van der Waals surface area contributed by atoms with Crippen LogP contribution in [-0.4, -0.2) is 89.6 Å². The fourth-order valence-corrected chi connectivity index (χ4v) is 4.75. The van der Waals surface area contributed by atoms with Crippen molar-refractivity contribution in [2.75, 3.05) is 52.9 Å². The van der Waals surface area contributed by atoms with Crippen LogP contribution in [0.1, 0.15) is 37.3 Å². The highest BCUT2D eigenvalue weighted by Gasteiger charge is 2.33. The number of nitrogens with zero attached hydrogens (tertiary/aromatic N) is 3. The summed E-state index contributed by atoms with van der Waals surface area (Å²) in [6.45, 7) is 4.76. The van der Waals surface area contributed by atoms with E-state index in [1.165, 1.54) is 12.8 Å². The van der Waals surface area contributed by atoms with Crippen molar-refractivity contribution in [1.29, 1.82) is 0 Å². The number of aromatic nitrogens is 1. The second kappa shape index (κ2) is 9.70. The fourth-order valence-electron chi connectivity index (χ4n) is 4.75. The SMILES string of the molecule is COc1ccc2[nH]cc([C@H](C(=O)O)N3CCN(CC(=O)N4CCCCCC4)CC3)c2c1. The Morgan fingerprint density at radius 1 is 1.06 bits per heavy atom. The summed E-state index contributed by atoms with van der Waals surface area (Å²) in [7, 11) is 1.61. The van der Waals surface area contributed by atoms with Gasteiger partial charge in [0.2, 0.25) is 5.91 Å². The molecule has 3 heterocycles. The second-order valence-corrected chi connectivity index (χ2v) is 8.50. The molecular formula is C23H32N4O4. The standard InChI is InChI=1S/C23H32N4O4/c1-31-17-6-7-20-18(14-17)19(15-24-20)22(23(29)30)27-12-10-25(11-13-27)16-21(28)26-8-4-2-3-5-9-26/h6-7,14-15,22,24H,2-5,8-13,16H2,1H3,(H,29,30)/t22-/m1/s1. The molecule has 0 aliphatic carbocycles. The Labute approximate surface area is 182 Å². The minimum atomic E-state index is -0.863. The van der Waals surface area contributed by atoms with Crippen LogP contribution in [0.15, 0.2) is 24.4 Å². The van der Waals surface area contributed by atoms with Crippen molar-refractivity contribution in [3.63, 3.8) is 0 Å². The number of aromatic amines is 1. The molecule has 2 aromatic rings. The number of benzene rings is 1. The molecule has 8 heteroatoms. The van der Waals surface area contributed by atoms with Gasteiger partial charge in [-0.15, -0.1) is 0 Å². The van der Waals surface area contributed by atoms with Gasteiger partial charge in [-0.3, -0.25) is 19.4 Å². The minimum Gasteiger partial charge on any atom is -0.497 e. The van der Waals surface area contributed by atoms with Crippen LogP contribution in [0.2, 0.25) is 0 Å². The molecule has 1 atom stereocenters. The van der Waals surface area contributed by atoms with Gasteiger partial charge in [-0.2, -0.15) is 0 Å². The molecule has 2 aliphatic rings. The maximum absolute atomic E-state index is 12.7. The molecule has 0 saturated carbocycles. The van der Waals surface area contributed by atoms with E-state index < -0.39 is 12.0 Å². The summed E-state index contributed by atoms with van der Waals surface area (Å²) in [6, 6.07) is 4.92. The summed E-state index contributed by atoms with van der Waals surface area (Å²) in [5.41, 5.74) is 1.64. The number of carboxylic acids is 1. The molecule has 168 valence electrons. The lowest BCUT2D eigenvalue weighted by atomic mass is 10.0. The van der Waals surface area contributed by atoms with E-state index in [1.54, 1.807) is 13.3 Å². The number of fused-ring (bicyclic) bond motifs is 1. The van der Waals surface area contributed by atoms with Gasteiger partial charge in [-0.25, -0.2) is 0 Å². The molecule has 0 bridgehead atoms. The van der Waals surface area contributed by atoms with E-state index in [1.807, 2.05) is 28.0 Å². The second-order valence-electron chi connectivity index (χ2n) is 8.50. The van der Waals surface area contributed by atoms with Crippen LogP contribution in [0.4, 0.5) is 0 Å². The van der Waals surface area contributed by atoms with Gasteiger partial charge in [-0.1, -0.05) is 12.8 Å². The Morgan fingerprint density at radius 2 is 1.77 bits per heavy atom. The predicted molar refractivity (Wildman–Crippen MR) is 118 cm³/mol. The number of carboxylic acid groups (broad SMARTS) is 1. The number of ether oxygens (including phenoxy) is 1. The van der Waals surface area contributed by atoms with Gasteiger partial charge in [0.1, 0.15) is 11.8 Å². The van der Waals surface area contributed by atoms with E-state index in [2.05, 4.69) is 9.88 Å². The molecule has 1 aromatic heterocycles. The van der Waals surface area contributed by atoms with Gasteiger partial charge in [0.15, 0.2) is 0 Å². The lowest BCUT2D eigenvalue weighted by Crippen LogP contribution is -2.52. The predicted octanol–water partition coefficient (Wildman–Crippen LogP) is 2.32. The average molecular weight is 429 g/mol. The molecule has 0 spiro atoms. The number of nitrogens with one attached hydrogen (secondary N) is 1. The van der Waals surface area contributed by atoms with Crippen LogP contribution in [0, 0.1) is 0 Å². The van der Waals surface area contributed by atoms with Gasteiger partial charge in [0, 0.05) is 61.9 Å². The van der Waals surface area contributed by atoms with Crippen molar-refractivity contribution < 1.29 is 19.4 Å². The number of piperazine rings is 1. The highest BCUT2D eigenvalue weighted by molar-refractivity contribution is 5.90. The summed E-state index contributed by atoms with van der Waals surface area (Å²) in [4.78, 5) is 34.3. The summed E-state index contributed by atoms with van der Waals surface area (Å²) >= 11 is 0. The molecule has 1 aromatic carbocycles. The van der Waals surface area contributed by atoms with E-state index in [4.69, 9.17) is 4.74 Å². The normalized spacial score (nSPS) is 19.8. The summed E-state index contributed by atoms with van der Waals surface area (Å²) < 4.78 is 5.32. The van der Waals surface area contributed by atoms with Crippen molar-refractivity contribution >= 4 is 22.8 Å². The van der Waals surface area contributed by atoms with Crippen molar-refractivity contribution in [2.45, 2.75) is 31.7 Å². The number of hydrogen-bond donors (Lipinski definition) is 2. The van der Waals surface area contributed by atoms with Gasteiger partial charge in [-0.05, 0) is 31.0 Å². The average Bonchev–Trinajstić information content (AvgIpc) is 2.98. The first-order valence-electron chi connectivity index (χ1n) is 11.2. The zero-order chi connectivity index (χ0) is 21.8. The molecule has 2 aliphatic heterocycles. The van der Waals surface area contributed by atoms with Crippen molar-refractivity contribution in [3.05, 3.63) is 30.0 Å². The van der Waals surface area contributed by atoms with Crippen LogP contribution in [0.3, 0.4) is 0 Å². The zero-order valence-corrected chi connectivity index (χ0v) is 18.2. The minimum absolute atomic E-state index is 0.203. The van der Waals surface area contributed by atoms with Crippen molar-refractivity contribution in [3.8, 4) is 5.75 Å². The van der Waals surface area contributed by atoms with E-state index in [-0.39, 0.29) is 5.91 Å². The first-order chi connectivity index (χ1) is 15.1. The van der Waals surface area contributed by atoms with Crippen LogP contribution in [-0.2, 0) is 9.59 Å². The van der Waals surface area contributed by atoms with Crippen molar-refractivity contribution in [1.82, 2.24) is 19.7 Å². The monoisotopic (exact) mass is 428 g/mol. The Kier molecular flexibility index (Phi) is 6.77. The van der Waals surface area contributed by atoms with Crippen molar-refractivity contribution in [2.24, 2.45) is 0 Å². The largest absolute Gasteiger partial charge is 0.497 e. The molecule has 8 nitrogen and oxygen atoms in total. The Bertz CT molecular complexity index is 911. The topological polar surface area (TPSA) is 89.1 Å². The number of H-pyrrole nitrogens is 1. The number of amides is 1. The smallest absolute Gasteiger partial charge is 0.325 e. The van der Waals surface area contributed by atoms with E-state index in [9.17, 15) is 14.7 Å². The number of likely N-dealkylation sites (tertiary alicyclic amines) is 1. The summed E-state index contributed by atoms with van der Waals surface area (Å²) in [6.07, 6.45) is 6.39. The van der Waals surface area contributed by atoms with Crippen LogP contribution < -0.4 is 4.74 Å². The van der Waals surface area contributed by atoms with Gasteiger partial charge >= 0.3 is 5.97 Å². The number of carbonyl (C=O) groups excluding carboxylic acids is 1. The third kappa shape index (κ3) is 4.85. The third-order valence-electron chi connectivity index (χ3n) is 6.54. The number of methoxy groups -OCH3 is 1. The van der Waals surface area contributed by atoms with Crippen LogP contribution >= 0.6 is 0 Å². The molecule has 1 amide bonds. The molecule has 4 rings (SSSR count). The van der Waals surface area contributed by atoms with E-state index >= 15 is 0 Å². The lowest BCUT2D eigenvalue weighted by Gasteiger charge is -2.38. The first kappa shape index (κ1) is 21.6. The molecule has 2 saturated heterocycles. The quantitative estimate of drug-likeness (QED) is 0.734. The molecular weight excluding hydrogens is 396 g/mol. The van der Waals surface area contributed by atoms with Crippen LogP contribution in [0.25, 0.3) is 10.9 Å². The van der Waals surface area contributed by atoms with E-state index in [0.717, 1.165) is 42.4 Å². The molecule has 31 heavy (non-hydrogen) atoms. The zero-order valence-electron chi connectivity index (χ0n) is 18.2. The third-order valence-corrected chi connectivity index (χ3v) is 6.54. The number of carbonyl (C=O) groups is 2.